The summed E-state index contributed by atoms with van der Waals surface area (Å²) in [6.45, 7) is -0.776. The SMILES string of the molecule is COC(=O)c1ccc(C(=O)OC)c(NC(=O)COC(=O)c2ccc(OC)c([N+](=O)[O-])c2)c1. The predicted octanol–water partition coefficient (Wildman–Crippen LogP) is 1.97. The van der Waals surface area contributed by atoms with Gasteiger partial charge >= 0.3 is 23.6 Å². The molecule has 12 nitrogen and oxygen atoms in total. The van der Waals surface area contributed by atoms with E-state index in [4.69, 9.17) is 9.47 Å². The Morgan fingerprint density at radius 3 is 2.12 bits per heavy atom. The Morgan fingerprint density at radius 1 is 0.906 bits per heavy atom. The summed E-state index contributed by atoms with van der Waals surface area (Å²) in [5, 5.41) is 13.4. The van der Waals surface area contributed by atoms with Gasteiger partial charge in [0.2, 0.25) is 0 Å². The Hall–Kier alpha value is -4.48. The fourth-order valence-electron chi connectivity index (χ4n) is 2.54. The normalized spacial score (nSPS) is 9.97. The summed E-state index contributed by atoms with van der Waals surface area (Å²) in [6.07, 6.45) is 0. The number of rotatable bonds is 8. The molecule has 0 aliphatic heterocycles. The standard InChI is InChI=1S/C20H18N2O10/c1-29-16-7-5-12(9-15(16)22(27)28)19(25)32-10-17(23)21-14-8-11(18(24)30-2)4-6-13(14)20(26)31-3/h4-9H,10H2,1-3H3,(H,21,23). The number of methoxy groups -OCH3 is 3. The molecule has 0 bridgehead atoms. The number of nitro benzene ring substituents is 1. The molecule has 2 rings (SSSR count). The Labute approximate surface area is 181 Å². The van der Waals surface area contributed by atoms with Crippen molar-refractivity contribution in [3.8, 4) is 5.75 Å². The molecule has 0 spiro atoms. The predicted molar refractivity (Wildman–Crippen MR) is 108 cm³/mol. The van der Waals surface area contributed by atoms with Crippen LogP contribution in [0.1, 0.15) is 31.1 Å². The summed E-state index contributed by atoms with van der Waals surface area (Å²) in [6, 6.07) is 7.18. The van der Waals surface area contributed by atoms with Crippen LogP contribution in [-0.4, -0.2) is 56.7 Å². The van der Waals surface area contributed by atoms with Crippen LogP contribution in [0, 0.1) is 10.1 Å². The lowest BCUT2D eigenvalue weighted by Crippen LogP contribution is -2.22. The largest absolute Gasteiger partial charge is 0.490 e. The van der Waals surface area contributed by atoms with Crippen molar-refractivity contribution < 1.29 is 43.0 Å². The van der Waals surface area contributed by atoms with Gasteiger partial charge < -0.3 is 24.3 Å². The van der Waals surface area contributed by atoms with E-state index < -0.39 is 41.0 Å². The fraction of sp³-hybridized carbons (Fsp3) is 0.200. The molecule has 2 aromatic carbocycles. The molecule has 0 radical (unpaired) electrons. The zero-order valence-corrected chi connectivity index (χ0v) is 17.2. The lowest BCUT2D eigenvalue weighted by Gasteiger charge is -2.12. The van der Waals surface area contributed by atoms with E-state index in [1.165, 1.54) is 37.4 Å². The Morgan fingerprint density at radius 2 is 1.53 bits per heavy atom. The molecule has 0 atom stereocenters. The molecular formula is C20H18N2O10. The zero-order chi connectivity index (χ0) is 23.8. The molecule has 0 aromatic heterocycles. The number of benzene rings is 2. The lowest BCUT2D eigenvalue weighted by molar-refractivity contribution is -0.385. The van der Waals surface area contributed by atoms with E-state index in [0.717, 1.165) is 20.3 Å². The molecule has 12 heteroatoms. The Kier molecular flexibility index (Phi) is 7.82. The molecule has 0 heterocycles. The van der Waals surface area contributed by atoms with Crippen LogP contribution in [-0.2, 0) is 19.0 Å². The van der Waals surface area contributed by atoms with Crippen LogP contribution in [0.5, 0.6) is 5.75 Å². The maximum atomic E-state index is 12.3. The van der Waals surface area contributed by atoms with E-state index in [0.29, 0.717) is 0 Å². The average molecular weight is 446 g/mol. The second-order valence-electron chi connectivity index (χ2n) is 6.01. The molecular weight excluding hydrogens is 428 g/mol. The summed E-state index contributed by atoms with van der Waals surface area (Å²) in [5.41, 5.74) is -0.688. The van der Waals surface area contributed by atoms with Gasteiger partial charge in [-0.25, -0.2) is 14.4 Å². The molecule has 0 aliphatic carbocycles. The van der Waals surface area contributed by atoms with Gasteiger partial charge in [-0.3, -0.25) is 14.9 Å². The van der Waals surface area contributed by atoms with E-state index in [9.17, 15) is 29.3 Å². The third-order valence-electron chi connectivity index (χ3n) is 4.07. The maximum absolute atomic E-state index is 12.3. The molecule has 2 aromatic rings. The molecule has 1 amide bonds. The highest BCUT2D eigenvalue weighted by atomic mass is 16.6. The van der Waals surface area contributed by atoms with Crippen molar-refractivity contribution in [2.24, 2.45) is 0 Å². The second kappa shape index (κ2) is 10.5. The number of nitrogens with zero attached hydrogens (tertiary/aromatic N) is 1. The Balaban J connectivity index is 2.15. The van der Waals surface area contributed by atoms with Crippen molar-refractivity contribution in [3.05, 3.63) is 63.2 Å². The minimum Gasteiger partial charge on any atom is -0.490 e. The number of carbonyl (C=O) groups excluding carboxylic acids is 4. The van der Waals surface area contributed by atoms with Gasteiger partial charge in [-0.15, -0.1) is 0 Å². The average Bonchev–Trinajstić information content (AvgIpc) is 2.80. The first-order chi connectivity index (χ1) is 15.2. The van der Waals surface area contributed by atoms with Crippen LogP contribution in [0.15, 0.2) is 36.4 Å². The third kappa shape index (κ3) is 5.56. The summed E-state index contributed by atoms with van der Waals surface area (Å²) in [4.78, 5) is 58.4. The van der Waals surface area contributed by atoms with Crippen molar-refractivity contribution >= 4 is 35.2 Å². The van der Waals surface area contributed by atoms with Crippen molar-refractivity contribution in [3.63, 3.8) is 0 Å². The van der Waals surface area contributed by atoms with E-state index >= 15 is 0 Å². The molecule has 0 unspecified atom stereocenters. The highest BCUT2D eigenvalue weighted by Crippen LogP contribution is 2.27. The summed E-state index contributed by atoms with van der Waals surface area (Å²) < 4.78 is 19.0. The fourth-order valence-corrected chi connectivity index (χ4v) is 2.54. The monoisotopic (exact) mass is 446 g/mol. The van der Waals surface area contributed by atoms with Gasteiger partial charge in [0.25, 0.3) is 5.91 Å². The molecule has 0 saturated carbocycles. The molecule has 0 aliphatic rings. The van der Waals surface area contributed by atoms with Crippen LogP contribution in [0.25, 0.3) is 0 Å². The molecule has 0 saturated heterocycles. The number of nitro groups is 1. The number of amides is 1. The summed E-state index contributed by atoms with van der Waals surface area (Å²) in [5.74, 6) is -3.37. The first-order valence-electron chi connectivity index (χ1n) is 8.81. The van der Waals surface area contributed by atoms with E-state index in [1.807, 2.05) is 0 Å². The van der Waals surface area contributed by atoms with E-state index in [1.54, 1.807) is 0 Å². The molecule has 1 N–H and O–H groups in total. The van der Waals surface area contributed by atoms with Crippen LogP contribution in [0.4, 0.5) is 11.4 Å². The molecule has 32 heavy (non-hydrogen) atoms. The number of anilines is 1. The lowest BCUT2D eigenvalue weighted by atomic mass is 10.1. The third-order valence-corrected chi connectivity index (χ3v) is 4.07. The maximum Gasteiger partial charge on any atom is 0.339 e. The minimum atomic E-state index is -0.998. The number of hydrogen-bond acceptors (Lipinski definition) is 10. The van der Waals surface area contributed by atoms with Crippen LogP contribution < -0.4 is 10.1 Å². The van der Waals surface area contributed by atoms with Gasteiger partial charge in [-0.2, -0.15) is 0 Å². The van der Waals surface area contributed by atoms with Gasteiger partial charge in [0.05, 0.1) is 48.6 Å². The van der Waals surface area contributed by atoms with E-state index in [2.05, 4.69) is 14.8 Å². The van der Waals surface area contributed by atoms with Crippen molar-refractivity contribution in [2.45, 2.75) is 0 Å². The van der Waals surface area contributed by atoms with Gasteiger partial charge in [0.1, 0.15) is 0 Å². The first kappa shape index (κ1) is 23.8. The quantitative estimate of drug-likeness (QED) is 0.275. The second-order valence-corrected chi connectivity index (χ2v) is 6.01. The highest BCUT2D eigenvalue weighted by Gasteiger charge is 2.21. The van der Waals surface area contributed by atoms with E-state index in [-0.39, 0.29) is 28.1 Å². The smallest absolute Gasteiger partial charge is 0.339 e. The summed E-state index contributed by atoms with van der Waals surface area (Å²) >= 11 is 0. The van der Waals surface area contributed by atoms with Crippen molar-refractivity contribution in [2.75, 3.05) is 33.3 Å². The topological polar surface area (TPSA) is 160 Å². The van der Waals surface area contributed by atoms with Crippen LogP contribution in [0.2, 0.25) is 0 Å². The number of hydrogen-bond donors (Lipinski definition) is 1. The Bertz CT molecular complexity index is 1080. The number of ether oxygens (including phenoxy) is 4. The minimum absolute atomic E-state index is 0.0504. The first-order valence-corrected chi connectivity index (χ1v) is 8.81. The van der Waals surface area contributed by atoms with Gasteiger partial charge in [-0.1, -0.05) is 0 Å². The summed E-state index contributed by atoms with van der Waals surface area (Å²) in [7, 11) is 3.54. The zero-order valence-electron chi connectivity index (χ0n) is 17.2. The number of nitrogens with one attached hydrogen (secondary N) is 1. The number of carbonyl (C=O) groups is 4. The van der Waals surface area contributed by atoms with Gasteiger partial charge in [0, 0.05) is 6.07 Å². The van der Waals surface area contributed by atoms with Gasteiger partial charge in [-0.05, 0) is 30.3 Å². The van der Waals surface area contributed by atoms with Crippen molar-refractivity contribution in [1.82, 2.24) is 0 Å². The molecule has 0 fully saturated rings. The molecule has 168 valence electrons. The van der Waals surface area contributed by atoms with Gasteiger partial charge in [0.15, 0.2) is 12.4 Å². The van der Waals surface area contributed by atoms with Crippen molar-refractivity contribution in [1.29, 1.82) is 0 Å². The number of esters is 3. The van der Waals surface area contributed by atoms with Crippen LogP contribution >= 0.6 is 0 Å². The highest BCUT2D eigenvalue weighted by molar-refractivity contribution is 6.04. The van der Waals surface area contributed by atoms with Crippen LogP contribution in [0.3, 0.4) is 0 Å².